The minimum atomic E-state index is -3.52. The first-order valence-electron chi connectivity index (χ1n) is 11.0. The summed E-state index contributed by atoms with van der Waals surface area (Å²) in [6.07, 6.45) is 6.91. The number of allylic oxidation sites excluding steroid dienone is 1. The first kappa shape index (κ1) is 27.0. The second-order valence-corrected chi connectivity index (χ2v) is 21.1. The Bertz CT molecular complexity index is 686. The molecule has 0 aliphatic carbocycles. The molecule has 0 radical (unpaired) electrons. The molecule has 0 saturated heterocycles. The first-order chi connectivity index (χ1) is 14.2. The molecule has 0 heterocycles. The summed E-state index contributed by atoms with van der Waals surface area (Å²) >= 11 is -3.52. The molecule has 1 aromatic carbocycles. The predicted molar refractivity (Wildman–Crippen MR) is 116 cm³/mol. The number of benzene rings is 1. The number of unbranched alkanes of at least 4 members (excludes halogenated alkanes) is 3. The number of carbonyl (C=O) groups is 1. The van der Waals surface area contributed by atoms with Crippen LogP contribution < -0.4 is 0 Å². The van der Waals surface area contributed by atoms with Crippen LogP contribution in [0.4, 0.5) is 17.6 Å². The number of hydrogen-bond donors (Lipinski definition) is 1. The van der Waals surface area contributed by atoms with Gasteiger partial charge in [0.1, 0.15) is 0 Å². The number of hydrogen-bond acceptors (Lipinski definition) is 1. The van der Waals surface area contributed by atoms with Gasteiger partial charge in [-0.2, -0.15) is 0 Å². The third-order valence-corrected chi connectivity index (χ3v) is 21.5. The third-order valence-electron chi connectivity index (χ3n) is 5.69. The number of aliphatic carboxylic acids is 1. The third kappa shape index (κ3) is 7.27. The second-order valence-electron chi connectivity index (χ2n) is 7.98. The summed E-state index contributed by atoms with van der Waals surface area (Å²) in [6, 6.07) is 0.240. The fourth-order valence-corrected chi connectivity index (χ4v) is 21.1. The van der Waals surface area contributed by atoms with E-state index in [4.69, 9.17) is 5.11 Å². The molecule has 1 N–H and O–H groups in total. The molecule has 0 amide bonds. The van der Waals surface area contributed by atoms with Crippen LogP contribution in [0.15, 0.2) is 12.1 Å². The molecule has 1 aromatic rings. The molecule has 0 aliphatic rings. The Morgan fingerprint density at radius 2 is 1.33 bits per heavy atom. The van der Waals surface area contributed by atoms with Gasteiger partial charge in [-0.05, 0) is 0 Å². The zero-order valence-corrected chi connectivity index (χ0v) is 21.2. The van der Waals surface area contributed by atoms with Crippen LogP contribution in [-0.2, 0) is 4.79 Å². The van der Waals surface area contributed by atoms with E-state index in [0.717, 1.165) is 51.8 Å². The average Bonchev–Trinajstić information content (AvgIpc) is 2.71. The molecule has 2 nitrogen and oxygen atoms in total. The van der Waals surface area contributed by atoms with Gasteiger partial charge in [-0.25, -0.2) is 0 Å². The van der Waals surface area contributed by atoms with Crippen molar-refractivity contribution in [3.8, 4) is 0 Å². The number of rotatable bonds is 14. The first-order valence-corrected chi connectivity index (χ1v) is 18.5. The van der Waals surface area contributed by atoms with Crippen molar-refractivity contribution in [2.24, 2.45) is 0 Å². The van der Waals surface area contributed by atoms with E-state index < -0.39 is 53.2 Å². The molecule has 0 fully saturated rings. The van der Waals surface area contributed by atoms with Gasteiger partial charge in [0.25, 0.3) is 0 Å². The quantitative estimate of drug-likeness (QED) is 0.149. The normalized spacial score (nSPS) is 12.4. The van der Waals surface area contributed by atoms with Crippen LogP contribution in [0.5, 0.6) is 0 Å². The van der Waals surface area contributed by atoms with Crippen LogP contribution in [0.1, 0.15) is 77.7 Å². The van der Waals surface area contributed by atoms with Crippen molar-refractivity contribution in [1.29, 1.82) is 0 Å². The predicted octanol–water partition coefficient (Wildman–Crippen LogP) is 7.88. The van der Waals surface area contributed by atoms with Gasteiger partial charge in [-0.3, -0.25) is 0 Å². The summed E-state index contributed by atoms with van der Waals surface area (Å²) in [5.41, 5.74) is -0.586. The zero-order valence-electron chi connectivity index (χ0n) is 18.3. The van der Waals surface area contributed by atoms with Crippen molar-refractivity contribution in [2.45, 2.75) is 85.4 Å². The van der Waals surface area contributed by atoms with E-state index in [9.17, 15) is 22.4 Å². The second kappa shape index (κ2) is 13.4. The van der Waals surface area contributed by atoms with Gasteiger partial charge in [-0.1, -0.05) is 0 Å². The Morgan fingerprint density at radius 1 is 0.900 bits per heavy atom. The minimum absolute atomic E-state index is 0.0880. The van der Waals surface area contributed by atoms with Crippen molar-refractivity contribution >= 4 is 27.9 Å². The van der Waals surface area contributed by atoms with E-state index in [2.05, 4.69) is 0 Å². The van der Waals surface area contributed by atoms with Crippen molar-refractivity contribution in [3.63, 3.8) is 0 Å². The van der Waals surface area contributed by atoms with E-state index >= 15 is 0 Å². The maximum atomic E-state index is 14.9. The Morgan fingerprint density at radius 3 is 1.70 bits per heavy atom. The summed E-state index contributed by atoms with van der Waals surface area (Å²) < 4.78 is 60.9. The van der Waals surface area contributed by atoms with Crippen molar-refractivity contribution < 1.29 is 27.5 Å². The van der Waals surface area contributed by atoms with Crippen molar-refractivity contribution in [1.82, 2.24) is 0 Å². The van der Waals surface area contributed by atoms with Gasteiger partial charge in [-0.15, -0.1) is 0 Å². The Kier molecular flexibility index (Phi) is 12.0. The molecule has 0 aliphatic heterocycles. The Balaban J connectivity index is 3.74. The van der Waals surface area contributed by atoms with Gasteiger partial charge < -0.3 is 0 Å². The molecular weight excluding hydrogens is 503 g/mol. The SMILES string of the molecule is CCC[CH2][Sn]([CH2]CCC)([CH2]CCC)[C](=CCCC(=O)O)c1c(F)c(F)cc(F)c1F. The van der Waals surface area contributed by atoms with Gasteiger partial charge >= 0.3 is 182 Å². The van der Waals surface area contributed by atoms with Gasteiger partial charge in [0.15, 0.2) is 0 Å². The number of halogens is 4. The summed E-state index contributed by atoms with van der Waals surface area (Å²) in [6.45, 7) is 6.15. The van der Waals surface area contributed by atoms with Crippen molar-refractivity contribution in [2.75, 3.05) is 0 Å². The molecule has 0 aromatic heterocycles. The van der Waals surface area contributed by atoms with Crippen LogP contribution in [0.25, 0.3) is 3.59 Å². The Labute approximate surface area is 181 Å². The molecule has 1 rings (SSSR count). The molecule has 0 saturated carbocycles. The molecule has 0 bridgehead atoms. The summed E-state index contributed by atoms with van der Waals surface area (Å²) in [5, 5.41) is 9.04. The summed E-state index contributed by atoms with van der Waals surface area (Å²) in [7, 11) is 0. The van der Waals surface area contributed by atoms with Crippen LogP contribution in [0.3, 0.4) is 0 Å². The van der Waals surface area contributed by atoms with Crippen LogP contribution in [-0.4, -0.2) is 29.5 Å². The molecule has 0 spiro atoms. The van der Waals surface area contributed by atoms with Gasteiger partial charge in [0.05, 0.1) is 0 Å². The van der Waals surface area contributed by atoms with Gasteiger partial charge in [0.2, 0.25) is 0 Å². The summed E-state index contributed by atoms with van der Waals surface area (Å²) in [4.78, 5) is 11.0. The number of carboxylic acids is 1. The summed E-state index contributed by atoms with van der Waals surface area (Å²) in [5.74, 6) is -6.56. The molecule has 30 heavy (non-hydrogen) atoms. The van der Waals surface area contributed by atoms with E-state index in [1.165, 1.54) is 0 Å². The van der Waals surface area contributed by atoms with Crippen LogP contribution >= 0.6 is 0 Å². The molecule has 0 atom stereocenters. The van der Waals surface area contributed by atoms with E-state index in [0.29, 0.717) is 3.59 Å². The van der Waals surface area contributed by atoms with E-state index in [1.807, 2.05) is 20.8 Å². The van der Waals surface area contributed by atoms with Crippen LogP contribution in [0, 0.1) is 23.3 Å². The molecule has 0 unspecified atom stereocenters. The zero-order chi connectivity index (χ0) is 22.7. The average molecular weight is 537 g/mol. The monoisotopic (exact) mass is 538 g/mol. The van der Waals surface area contributed by atoms with Crippen molar-refractivity contribution in [3.05, 3.63) is 41.0 Å². The molecule has 7 heteroatoms. The standard InChI is InChI=1S/C11H7F4O2.3C4H9.Sn/c12-7-5-8(13)11(15)6(10(7)14)3-1-2-4-9(16)17;3*1-3-4-2;/h1,5H,2,4H2,(H,16,17);3*1,3-4H2,2H3;. The van der Waals surface area contributed by atoms with Crippen LogP contribution in [0.2, 0.25) is 13.3 Å². The number of carboxylic acid groups (broad SMARTS) is 1. The van der Waals surface area contributed by atoms with Gasteiger partial charge in [0, 0.05) is 0 Å². The fraction of sp³-hybridized carbons (Fsp3) is 0.609. The molecule has 170 valence electrons. The van der Waals surface area contributed by atoms with E-state index in [1.54, 1.807) is 6.08 Å². The molecular formula is C23H34F4O2Sn. The van der Waals surface area contributed by atoms with E-state index in [-0.39, 0.29) is 18.9 Å². The maximum absolute atomic E-state index is 14.9. The fourth-order valence-electron chi connectivity index (χ4n) is 4.06. The topological polar surface area (TPSA) is 37.3 Å². The Hall–Kier alpha value is -1.05.